The van der Waals surface area contributed by atoms with Crippen LogP contribution in [0, 0.1) is 5.92 Å². The maximum atomic E-state index is 5.63. The number of rotatable bonds is 3. The van der Waals surface area contributed by atoms with Crippen LogP contribution >= 0.6 is 0 Å². The number of hydrazine groups is 1. The molecule has 2 saturated heterocycles. The zero-order chi connectivity index (χ0) is 16.5. The lowest BCUT2D eigenvalue weighted by molar-refractivity contribution is 0.0436. The SMILES string of the molecule is COC1CCC2NNC(c3cc(N4CCO[C@H](C)C4)ncn3)C2C1. The first kappa shape index (κ1) is 16.2. The van der Waals surface area contributed by atoms with Crippen LogP contribution in [-0.4, -0.2) is 55.0 Å². The summed E-state index contributed by atoms with van der Waals surface area (Å²) in [6.45, 7) is 4.62. The Kier molecular flexibility index (Phi) is 4.67. The summed E-state index contributed by atoms with van der Waals surface area (Å²) in [7, 11) is 1.82. The molecule has 5 atom stereocenters. The highest BCUT2D eigenvalue weighted by molar-refractivity contribution is 5.40. The van der Waals surface area contributed by atoms with Gasteiger partial charge in [-0.15, -0.1) is 0 Å². The zero-order valence-electron chi connectivity index (χ0n) is 14.4. The quantitative estimate of drug-likeness (QED) is 0.856. The van der Waals surface area contributed by atoms with E-state index >= 15 is 0 Å². The topological polar surface area (TPSA) is 71.5 Å². The van der Waals surface area contributed by atoms with E-state index in [2.05, 4.69) is 38.7 Å². The van der Waals surface area contributed by atoms with Gasteiger partial charge >= 0.3 is 0 Å². The monoisotopic (exact) mass is 333 g/mol. The smallest absolute Gasteiger partial charge is 0.132 e. The van der Waals surface area contributed by atoms with E-state index in [0.717, 1.165) is 50.5 Å². The van der Waals surface area contributed by atoms with Gasteiger partial charge in [0, 0.05) is 38.2 Å². The third-order valence-electron chi connectivity index (χ3n) is 5.59. The molecule has 0 aromatic carbocycles. The fraction of sp³-hybridized carbons (Fsp3) is 0.765. The van der Waals surface area contributed by atoms with Crippen LogP contribution in [0.2, 0.25) is 0 Å². The molecule has 24 heavy (non-hydrogen) atoms. The highest BCUT2D eigenvalue weighted by Crippen LogP contribution is 2.38. The van der Waals surface area contributed by atoms with Crippen molar-refractivity contribution in [1.29, 1.82) is 0 Å². The molecule has 3 heterocycles. The fourth-order valence-electron chi connectivity index (χ4n) is 4.26. The molecule has 1 saturated carbocycles. The number of hydrogen-bond donors (Lipinski definition) is 2. The number of fused-ring (bicyclic) bond motifs is 1. The molecule has 2 aliphatic heterocycles. The van der Waals surface area contributed by atoms with Crippen molar-refractivity contribution in [1.82, 2.24) is 20.8 Å². The van der Waals surface area contributed by atoms with E-state index in [0.29, 0.717) is 18.1 Å². The van der Waals surface area contributed by atoms with Gasteiger partial charge in [-0.2, -0.15) is 0 Å². The second-order valence-corrected chi connectivity index (χ2v) is 7.14. The van der Waals surface area contributed by atoms with Crippen LogP contribution < -0.4 is 15.8 Å². The number of morpholine rings is 1. The number of nitrogens with zero attached hydrogens (tertiary/aromatic N) is 3. The van der Waals surface area contributed by atoms with Crippen LogP contribution in [0.4, 0.5) is 5.82 Å². The molecular weight excluding hydrogens is 306 g/mol. The van der Waals surface area contributed by atoms with Gasteiger partial charge < -0.3 is 14.4 Å². The average molecular weight is 333 g/mol. The average Bonchev–Trinajstić information content (AvgIpc) is 3.05. The van der Waals surface area contributed by atoms with Gasteiger partial charge in [-0.1, -0.05) is 0 Å². The van der Waals surface area contributed by atoms with Crippen molar-refractivity contribution in [3.63, 3.8) is 0 Å². The van der Waals surface area contributed by atoms with E-state index in [4.69, 9.17) is 9.47 Å². The van der Waals surface area contributed by atoms with Crippen molar-refractivity contribution in [2.45, 2.75) is 50.5 Å². The summed E-state index contributed by atoms with van der Waals surface area (Å²) in [6, 6.07) is 2.85. The highest BCUT2D eigenvalue weighted by atomic mass is 16.5. The van der Waals surface area contributed by atoms with Crippen LogP contribution in [0.3, 0.4) is 0 Å². The summed E-state index contributed by atoms with van der Waals surface area (Å²) >= 11 is 0. The van der Waals surface area contributed by atoms with E-state index in [1.807, 2.05) is 7.11 Å². The number of hydrogen-bond acceptors (Lipinski definition) is 7. The Balaban J connectivity index is 1.52. The van der Waals surface area contributed by atoms with Crippen LogP contribution in [0.5, 0.6) is 0 Å². The lowest BCUT2D eigenvalue weighted by Crippen LogP contribution is -2.41. The molecule has 2 N–H and O–H groups in total. The second kappa shape index (κ2) is 6.92. The predicted molar refractivity (Wildman–Crippen MR) is 90.6 cm³/mol. The molecule has 0 radical (unpaired) electrons. The normalized spacial score (nSPS) is 36.6. The van der Waals surface area contributed by atoms with Crippen molar-refractivity contribution >= 4 is 5.82 Å². The molecule has 7 nitrogen and oxygen atoms in total. The first-order valence-electron chi connectivity index (χ1n) is 8.97. The van der Waals surface area contributed by atoms with Gasteiger partial charge in [-0.25, -0.2) is 15.4 Å². The summed E-state index contributed by atoms with van der Waals surface area (Å²) in [5.74, 6) is 1.51. The van der Waals surface area contributed by atoms with E-state index in [1.165, 1.54) is 0 Å². The number of methoxy groups -OCH3 is 1. The van der Waals surface area contributed by atoms with Crippen molar-refractivity contribution < 1.29 is 9.47 Å². The van der Waals surface area contributed by atoms with Crippen molar-refractivity contribution in [2.75, 3.05) is 31.7 Å². The lowest BCUT2D eigenvalue weighted by atomic mass is 9.79. The molecule has 4 unspecified atom stereocenters. The van der Waals surface area contributed by atoms with Crippen LogP contribution in [-0.2, 0) is 9.47 Å². The number of aromatic nitrogens is 2. The van der Waals surface area contributed by atoms with Crippen LogP contribution in [0.25, 0.3) is 0 Å². The summed E-state index contributed by atoms with van der Waals surface area (Å²) < 4.78 is 11.2. The number of nitrogens with one attached hydrogen (secondary N) is 2. The largest absolute Gasteiger partial charge is 0.381 e. The van der Waals surface area contributed by atoms with Gasteiger partial charge in [0.15, 0.2) is 0 Å². The van der Waals surface area contributed by atoms with E-state index < -0.39 is 0 Å². The third-order valence-corrected chi connectivity index (χ3v) is 5.59. The van der Waals surface area contributed by atoms with Crippen molar-refractivity contribution in [2.24, 2.45) is 5.92 Å². The Morgan fingerprint density at radius 3 is 3.04 bits per heavy atom. The molecule has 4 rings (SSSR count). The molecule has 1 aromatic heterocycles. The van der Waals surface area contributed by atoms with E-state index in [1.54, 1.807) is 6.33 Å². The Bertz CT molecular complexity index is 572. The van der Waals surface area contributed by atoms with E-state index in [9.17, 15) is 0 Å². The van der Waals surface area contributed by atoms with Gasteiger partial charge in [0.1, 0.15) is 12.1 Å². The minimum atomic E-state index is 0.216. The van der Waals surface area contributed by atoms with Gasteiger partial charge in [-0.05, 0) is 26.2 Å². The predicted octanol–water partition coefficient (Wildman–Crippen LogP) is 1.03. The Hall–Kier alpha value is -1.28. The molecule has 3 fully saturated rings. The van der Waals surface area contributed by atoms with Crippen LogP contribution in [0.15, 0.2) is 12.4 Å². The van der Waals surface area contributed by atoms with Gasteiger partial charge in [0.05, 0.1) is 30.6 Å². The summed E-state index contributed by atoms with van der Waals surface area (Å²) in [5, 5.41) is 0. The number of ether oxygens (including phenoxy) is 2. The molecule has 0 amide bonds. The maximum absolute atomic E-state index is 5.63. The Morgan fingerprint density at radius 2 is 2.21 bits per heavy atom. The standard InChI is InChI=1S/C17H27N5O2/c1-11-9-22(5-6-24-11)16-8-15(18-10-19-16)17-13-7-12(23-2)3-4-14(13)20-21-17/h8,10-14,17,20-21H,3-7,9H2,1-2H3/t11-,12?,13?,14?,17?/m1/s1. The summed E-state index contributed by atoms with van der Waals surface area (Å²) in [4.78, 5) is 11.3. The third kappa shape index (κ3) is 3.13. The molecular formula is C17H27N5O2. The fourth-order valence-corrected chi connectivity index (χ4v) is 4.26. The molecule has 7 heteroatoms. The minimum absolute atomic E-state index is 0.216. The first-order chi connectivity index (χ1) is 11.7. The molecule has 0 spiro atoms. The maximum Gasteiger partial charge on any atom is 0.132 e. The molecule has 1 aromatic rings. The Labute approximate surface area is 143 Å². The summed E-state index contributed by atoms with van der Waals surface area (Å²) in [6.07, 6.45) is 5.63. The highest BCUT2D eigenvalue weighted by Gasteiger charge is 2.41. The molecule has 132 valence electrons. The van der Waals surface area contributed by atoms with Crippen molar-refractivity contribution in [3.8, 4) is 0 Å². The zero-order valence-corrected chi connectivity index (χ0v) is 14.4. The molecule has 3 aliphatic rings. The summed E-state index contributed by atoms with van der Waals surface area (Å²) in [5.41, 5.74) is 7.98. The van der Waals surface area contributed by atoms with Gasteiger partial charge in [0.2, 0.25) is 0 Å². The van der Waals surface area contributed by atoms with Crippen molar-refractivity contribution in [3.05, 3.63) is 18.1 Å². The second-order valence-electron chi connectivity index (χ2n) is 7.14. The molecule has 0 bridgehead atoms. The lowest BCUT2D eigenvalue weighted by Gasteiger charge is -2.33. The van der Waals surface area contributed by atoms with Gasteiger partial charge in [0.25, 0.3) is 0 Å². The van der Waals surface area contributed by atoms with E-state index in [-0.39, 0.29) is 12.1 Å². The Morgan fingerprint density at radius 1 is 1.29 bits per heavy atom. The van der Waals surface area contributed by atoms with Crippen LogP contribution in [0.1, 0.15) is 37.9 Å². The molecule has 1 aliphatic carbocycles. The first-order valence-corrected chi connectivity index (χ1v) is 8.97. The minimum Gasteiger partial charge on any atom is -0.381 e. The number of anilines is 1. The van der Waals surface area contributed by atoms with Gasteiger partial charge in [-0.3, -0.25) is 5.43 Å².